The van der Waals surface area contributed by atoms with Crippen molar-refractivity contribution in [1.29, 1.82) is 0 Å². The van der Waals surface area contributed by atoms with E-state index in [0.29, 0.717) is 5.46 Å². The molecule has 0 unspecified atom stereocenters. The van der Waals surface area contributed by atoms with Crippen LogP contribution in [0.4, 0.5) is 0 Å². The Hall–Kier alpha value is -0.835. The molecular formula is C12H18BNO2. The van der Waals surface area contributed by atoms with Crippen LogP contribution < -0.4 is 5.46 Å². The molecule has 16 heavy (non-hydrogen) atoms. The second-order valence-corrected chi connectivity index (χ2v) is 4.76. The number of nitrogens with zero attached hydrogens (tertiary/aromatic N) is 1. The van der Waals surface area contributed by atoms with Crippen LogP contribution in [0.2, 0.25) is 0 Å². The monoisotopic (exact) mass is 219 g/mol. The first kappa shape index (κ1) is 11.6. The van der Waals surface area contributed by atoms with E-state index in [1.54, 1.807) is 6.07 Å². The fraction of sp³-hybridized carbons (Fsp3) is 0.500. The molecule has 1 aliphatic carbocycles. The van der Waals surface area contributed by atoms with Crippen molar-refractivity contribution >= 4 is 12.6 Å². The Morgan fingerprint density at radius 1 is 1.38 bits per heavy atom. The number of hydrogen-bond acceptors (Lipinski definition) is 3. The van der Waals surface area contributed by atoms with Crippen LogP contribution in [-0.4, -0.2) is 35.7 Å². The normalized spacial score (nSPS) is 15.5. The van der Waals surface area contributed by atoms with Crippen molar-refractivity contribution in [1.82, 2.24) is 4.90 Å². The summed E-state index contributed by atoms with van der Waals surface area (Å²) in [6.45, 7) is 2.02. The molecule has 2 rings (SSSR count). The van der Waals surface area contributed by atoms with Crippen LogP contribution >= 0.6 is 0 Å². The van der Waals surface area contributed by atoms with Gasteiger partial charge in [-0.05, 0) is 36.8 Å². The third-order valence-electron chi connectivity index (χ3n) is 2.97. The van der Waals surface area contributed by atoms with Gasteiger partial charge in [0.05, 0.1) is 0 Å². The second-order valence-electron chi connectivity index (χ2n) is 4.76. The minimum Gasteiger partial charge on any atom is -0.423 e. The summed E-state index contributed by atoms with van der Waals surface area (Å²) in [5, 5.41) is 18.2. The van der Waals surface area contributed by atoms with Crippen molar-refractivity contribution < 1.29 is 10.0 Å². The highest BCUT2D eigenvalue weighted by Gasteiger charge is 2.22. The molecule has 0 aromatic heterocycles. The van der Waals surface area contributed by atoms with Crippen LogP contribution in [0.3, 0.4) is 0 Å². The number of benzene rings is 1. The van der Waals surface area contributed by atoms with Gasteiger partial charge >= 0.3 is 7.12 Å². The first-order chi connectivity index (χ1) is 7.65. The van der Waals surface area contributed by atoms with E-state index < -0.39 is 7.12 Å². The first-order valence-corrected chi connectivity index (χ1v) is 5.78. The first-order valence-electron chi connectivity index (χ1n) is 5.78. The highest BCUT2D eigenvalue weighted by molar-refractivity contribution is 6.58. The molecule has 1 fully saturated rings. The van der Waals surface area contributed by atoms with Gasteiger partial charge in [0, 0.05) is 13.1 Å². The fourth-order valence-corrected chi connectivity index (χ4v) is 1.97. The Bertz CT molecular complexity index is 353. The maximum Gasteiger partial charge on any atom is 0.488 e. The molecule has 0 bridgehead atoms. The van der Waals surface area contributed by atoms with Gasteiger partial charge in [-0.15, -0.1) is 0 Å². The minimum absolute atomic E-state index is 0.567. The zero-order valence-electron chi connectivity index (χ0n) is 9.63. The highest BCUT2D eigenvalue weighted by atomic mass is 16.4. The lowest BCUT2D eigenvalue weighted by Crippen LogP contribution is -2.30. The summed E-state index contributed by atoms with van der Waals surface area (Å²) in [7, 11) is 0.745. The quantitative estimate of drug-likeness (QED) is 0.695. The van der Waals surface area contributed by atoms with Gasteiger partial charge in [-0.1, -0.05) is 24.3 Å². The van der Waals surface area contributed by atoms with E-state index in [0.717, 1.165) is 24.6 Å². The zero-order chi connectivity index (χ0) is 11.5. The highest BCUT2D eigenvalue weighted by Crippen LogP contribution is 2.29. The van der Waals surface area contributed by atoms with E-state index in [4.69, 9.17) is 10.0 Å². The predicted octanol–water partition coefficient (Wildman–Crippen LogP) is 0.208. The SMILES string of the molecule is CN(Cc1cccc(B(O)O)c1)CC1CC1. The molecule has 0 aliphatic heterocycles. The molecule has 0 heterocycles. The maximum atomic E-state index is 9.08. The summed E-state index contributed by atoms with van der Waals surface area (Å²) in [5.74, 6) is 0.886. The summed E-state index contributed by atoms with van der Waals surface area (Å²) < 4.78 is 0. The Kier molecular flexibility index (Phi) is 3.64. The molecule has 1 aliphatic rings. The molecule has 1 aromatic rings. The van der Waals surface area contributed by atoms with Crippen molar-refractivity contribution in [2.24, 2.45) is 5.92 Å². The van der Waals surface area contributed by atoms with Crippen molar-refractivity contribution in [3.05, 3.63) is 29.8 Å². The third-order valence-corrected chi connectivity index (χ3v) is 2.97. The van der Waals surface area contributed by atoms with E-state index >= 15 is 0 Å². The van der Waals surface area contributed by atoms with Gasteiger partial charge in [0.2, 0.25) is 0 Å². The summed E-state index contributed by atoms with van der Waals surface area (Å²) >= 11 is 0. The van der Waals surface area contributed by atoms with Gasteiger partial charge in [-0.3, -0.25) is 0 Å². The molecule has 2 N–H and O–H groups in total. The molecule has 4 heteroatoms. The van der Waals surface area contributed by atoms with Crippen LogP contribution in [0.1, 0.15) is 18.4 Å². The predicted molar refractivity (Wildman–Crippen MR) is 65.3 cm³/mol. The fourth-order valence-electron chi connectivity index (χ4n) is 1.97. The van der Waals surface area contributed by atoms with Gasteiger partial charge < -0.3 is 14.9 Å². The lowest BCUT2D eigenvalue weighted by atomic mass is 9.79. The molecule has 1 aromatic carbocycles. The Morgan fingerprint density at radius 2 is 2.12 bits per heavy atom. The molecule has 0 radical (unpaired) electrons. The Labute approximate surface area is 96.9 Å². The van der Waals surface area contributed by atoms with Gasteiger partial charge in [-0.25, -0.2) is 0 Å². The standard InChI is InChI=1S/C12H18BNO2/c1-14(8-10-5-6-10)9-11-3-2-4-12(7-11)13(15)16/h2-4,7,10,15-16H,5-6,8-9H2,1H3. The molecule has 0 spiro atoms. The van der Waals surface area contributed by atoms with Crippen LogP contribution in [0.5, 0.6) is 0 Å². The van der Waals surface area contributed by atoms with E-state index in [1.165, 1.54) is 12.8 Å². The van der Waals surface area contributed by atoms with Crippen molar-refractivity contribution in [2.45, 2.75) is 19.4 Å². The van der Waals surface area contributed by atoms with Crippen molar-refractivity contribution in [3.8, 4) is 0 Å². The summed E-state index contributed by atoms with van der Waals surface area (Å²) in [5.41, 5.74) is 1.70. The van der Waals surface area contributed by atoms with Gasteiger partial charge in [0.25, 0.3) is 0 Å². The number of hydrogen-bond donors (Lipinski definition) is 2. The van der Waals surface area contributed by atoms with E-state index in [2.05, 4.69) is 11.9 Å². The Balaban J connectivity index is 1.94. The van der Waals surface area contributed by atoms with Crippen LogP contribution in [-0.2, 0) is 6.54 Å². The number of rotatable bonds is 5. The van der Waals surface area contributed by atoms with Gasteiger partial charge in [-0.2, -0.15) is 0 Å². The van der Waals surface area contributed by atoms with E-state index in [1.807, 2.05) is 18.2 Å². The molecule has 86 valence electrons. The van der Waals surface area contributed by atoms with Crippen molar-refractivity contribution in [2.75, 3.05) is 13.6 Å². The molecule has 0 amide bonds. The van der Waals surface area contributed by atoms with Crippen molar-refractivity contribution in [3.63, 3.8) is 0 Å². The zero-order valence-corrected chi connectivity index (χ0v) is 9.63. The third kappa shape index (κ3) is 3.34. The summed E-state index contributed by atoms with van der Waals surface area (Å²) in [4.78, 5) is 2.29. The largest absolute Gasteiger partial charge is 0.488 e. The summed E-state index contributed by atoms with van der Waals surface area (Å²) in [6, 6.07) is 7.48. The maximum absolute atomic E-state index is 9.08. The van der Waals surface area contributed by atoms with E-state index in [9.17, 15) is 0 Å². The van der Waals surface area contributed by atoms with Gasteiger partial charge in [0.15, 0.2) is 0 Å². The van der Waals surface area contributed by atoms with Gasteiger partial charge in [0.1, 0.15) is 0 Å². The lowest BCUT2D eigenvalue weighted by Gasteiger charge is -2.16. The molecule has 3 nitrogen and oxygen atoms in total. The van der Waals surface area contributed by atoms with E-state index in [-0.39, 0.29) is 0 Å². The average Bonchev–Trinajstić information content (AvgIpc) is 3.01. The summed E-state index contributed by atoms with van der Waals surface area (Å²) in [6.07, 6.45) is 2.72. The average molecular weight is 219 g/mol. The Morgan fingerprint density at radius 3 is 2.75 bits per heavy atom. The smallest absolute Gasteiger partial charge is 0.423 e. The van der Waals surface area contributed by atoms with Crippen LogP contribution in [0, 0.1) is 5.92 Å². The molecule has 1 saturated carbocycles. The topological polar surface area (TPSA) is 43.7 Å². The molecule has 0 atom stereocenters. The minimum atomic E-state index is -1.37. The molecular weight excluding hydrogens is 201 g/mol. The second kappa shape index (κ2) is 5.00. The lowest BCUT2D eigenvalue weighted by molar-refractivity contribution is 0.313. The van der Waals surface area contributed by atoms with Crippen LogP contribution in [0.15, 0.2) is 24.3 Å². The molecule has 0 saturated heterocycles. The van der Waals surface area contributed by atoms with Crippen LogP contribution in [0.25, 0.3) is 0 Å².